The van der Waals surface area contributed by atoms with Crippen molar-refractivity contribution in [3.63, 3.8) is 0 Å². The number of hydrogen-bond acceptors (Lipinski definition) is 3. The van der Waals surface area contributed by atoms with Crippen molar-refractivity contribution in [2.45, 2.75) is 18.6 Å². The van der Waals surface area contributed by atoms with Gasteiger partial charge in [-0.25, -0.2) is 8.42 Å². The van der Waals surface area contributed by atoms with Gasteiger partial charge in [0.2, 0.25) is 9.05 Å². The Hall–Kier alpha value is -0.270. The van der Waals surface area contributed by atoms with Gasteiger partial charge in [0.1, 0.15) is 0 Å². The van der Waals surface area contributed by atoms with Crippen LogP contribution in [0.4, 0.5) is 0 Å². The van der Waals surface area contributed by atoms with Gasteiger partial charge in [-0.3, -0.25) is 0 Å². The summed E-state index contributed by atoms with van der Waals surface area (Å²) >= 11 is 0. The molecule has 0 aliphatic carbocycles. The zero-order chi connectivity index (χ0) is 7.49. The Balaban J connectivity index is 4.38. The summed E-state index contributed by atoms with van der Waals surface area (Å²) in [6.07, 6.45) is 0.238. The molecule has 0 aliphatic heterocycles. The molecule has 0 aromatic heterocycles. The molecule has 0 spiro atoms. The highest BCUT2D eigenvalue weighted by Gasteiger charge is 2.19. The van der Waals surface area contributed by atoms with E-state index in [-0.39, 0.29) is 6.42 Å². The fourth-order valence-electron chi connectivity index (χ4n) is 0.353. The van der Waals surface area contributed by atoms with Crippen LogP contribution in [0, 0.1) is 11.3 Å². The average Bonchev–Trinajstić information content (AvgIpc) is 1.65. The van der Waals surface area contributed by atoms with E-state index < -0.39 is 14.3 Å². The molecule has 0 amide bonds. The van der Waals surface area contributed by atoms with E-state index in [0.717, 1.165) is 0 Å². The van der Waals surface area contributed by atoms with Crippen LogP contribution in [0.1, 0.15) is 13.3 Å². The van der Waals surface area contributed by atoms with E-state index in [0.29, 0.717) is 0 Å². The molecule has 52 valence electrons. The van der Waals surface area contributed by atoms with Crippen molar-refractivity contribution < 1.29 is 8.42 Å². The summed E-state index contributed by atoms with van der Waals surface area (Å²) in [4.78, 5) is 0. The lowest BCUT2D eigenvalue weighted by atomic mass is 10.4. The summed E-state index contributed by atoms with van der Waals surface area (Å²) in [6.45, 7) is 1.59. The van der Waals surface area contributed by atoms with Gasteiger partial charge in [-0.15, -0.1) is 0 Å². The number of nitrogens with zero attached hydrogens (tertiary/aromatic N) is 1. The summed E-state index contributed by atoms with van der Waals surface area (Å²) < 4.78 is 20.7. The van der Waals surface area contributed by atoms with Crippen molar-refractivity contribution in [3.8, 4) is 6.07 Å². The van der Waals surface area contributed by atoms with E-state index in [4.69, 9.17) is 15.9 Å². The summed E-state index contributed by atoms with van der Waals surface area (Å²) in [6, 6.07) is 1.57. The molecule has 0 radical (unpaired) electrons. The van der Waals surface area contributed by atoms with Crippen LogP contribution in [0.15, 0.2) is 0 Å². The van der Waals surface area contributed by atoms with Gasteiger partial charge < -0.3 is 0 Å². The van der Waals surface area contributed by atoms with Crippen LogP contribution in [-0.2, 0) is 9.05 Å². The predicted molar refractivity (Wildman–Crippen MR) is 34.5 cm³/mol. The Morgan fingerprint density at radius 1 is 1.78 bits per heavy atom. The fourth-order valence-corrected chi connectivity index (χ4v) is 1.37. The van der Waals surface area contributed by atoms with Crippen molar-refractivity contribution in [3.05, 3.63) is 0 Å². The first kappa shape index (κ1) is 8.73. The van der Waals surface area contributed by atoms with Crippen molar-refractivity contribution in [1.29, 1.82) is 5.26 Å². The van der Waals surface area contributed by atoms with Gasteiger partial charge in [0.25, 0.3) is 0 Å². The maximum Gasteiger partial charge on any atom is 0.248 e. The van der Waals surface area contributed by atoms with E-state index in [1.807, 2.05) is 0 Å². The molecule has 0 N–H and O–H groups in total. The minimum atomic E-state index is -3.65. The molecule has 0 saturated heterocycles. The minimum Gasteiger partial charge on any atom is -0.211 e. The third-order valence-corrected chi connectivity index (χ3v) is 2.62. The molecule has 0 rings (SSSR count). The summed E-state index contributed by atoms with van der Waals surface area (Å²) in [5, 5.41) is 7.09. The lowest BCUT2D eigenvalue weighted by Crippen LogP contribution is -2.11. The third-order valence-electron chi connectivity index (χ3n) is 0.855. The third kappa shape index (κ3) is 2.68. The molecule has 0 saturated carbocycles. The molecule has 3 nitrogen and oxygen atoms in total. The van der Waals surface area contributed by atoms with Crippen LogP contribution in [0.3, 0.4) is 0 Å². The molecule has 0 fully saturated rings. The lowest BCUT2D eigenvalue weighted by Gasteiger charge is -1.96. The monoisotopic (exact) mass is 167 g/mol. The SMILES string of the molecule is CCC(C#N)S(=O)(=O)Cl. The smallest absolute Gasteiger partial charge is 0.211 e. The maximum absolute atomic E-state index is 10.3. The number of nitriles is 1. The Bertz CT molecular complexity index is 215. The molecule has 5 heteroatoms. The van der Waals surface area contributed by atoms with Crippen molar-refractivity contribution in [1.82, 2.24) is 0 Å². The molecule has 0 aromatic carbocycles. The first-order chi connectivity index (χ1) is 4.02. The van der Waals surface area contributed by atoms with Crippen molar-refractivity contribution >= 4 is 19.7 Å². The average molecular weight is 168 g/mol. The molecule has 0 bridgehead atoms. The van der Waals surface area contributed by atoms with E-state index in [1.54, 1.807) is 13.0 Å². The molecule has 0 aromatic rings. The lowest BCUT2D eigenvalue weighted by molar-refractivity contribution is 0.601. The van der Waals surface area contributed by atoms with Crippen LogP contribution in [0.2, 0.25) is 0 Å². The van der Waals surface area contributed by atoms with E-state index in [2.05, 4.69) is 0 Å². The van der Waals surface area contributed by atoms with Gasteiger partial charge in [0.05, 0.1) is 6.07 Å². The van der Waals surface area contributed by atoms with Crippen LogP contribution < -0.4 is 0 Å². The second kappa shape index (κ2) is 3.04. The normalized spacial score (nSPS) is 14.3. The minimum absolute atomic E-state index is 0.238. The van der Waals surface area contributed by atoms with Crippen molar-refractivity contribution in [2.75, 3.05) is 0 Å². The topological polar surface area (TPSA) is 57.9 Å². The Morgan fingerprint density at radius 3 is 2.22 bits per heavy atom. The van der Waals surface area contributed by atoms with Gasteiger partial charge in [0.15, 0.2) is 5.25 Å². The van der Waals surface area contributed by atoms with Gasteiger partial charge in [-0.1, -0.05) is 6.92 Å². The first-order valence-electron chi connectivity index (χ1n) is 2.35. The van der Waals surface area contributed by atoms with E-state index >= 15 is 0 Å². The van der Waals surface area contributed by atoms with Gasteiger partial charge in [0, 0.05) is 10.7 Å². The molecule has 0 heterocycles. The Morgan fingerprint density at radius 2 is 2.22 bits per heavy atom. The van der Waals surface area contributed by atoms with Crippen LogP contribution in [0.25, 0.3) is 0 Å². The molecule has 1 unspecified atom stereocenters. The van der Waals surface area contributed by atoms with Gasteiger partial charge in [-0.2, -0.15) is 5.26 Å². The number of halogens is 1. The van der Waals surface area contributed by atoms with Crippen molar-refractivity contribution in [2.24, 2.45) is 0 Å². The zero-order valence-corrected chi connectivity index (χ0v) is 6.41. The predicted octanol–water partition coefficient (Wildman–Crippen LogP) is 0.857. The largest absolute Gasteiger partial charge is 0.248 e. The summed E-state index contributed by atoms with van der Waals surface area (Å²) in [5.74, 6) is 0. The molecule has 0 aliphatic rings. The highest BCUT2D eigenvalue weighted by molar-refractivity contribution is 8.14. The summed E-state index contributed by atoms with van der Waals surface area (Å²) in [5.41, 5.74) is 0. The second-order valence-corrected chi connectivity index (χ2v) is 4.31. The molecule has 1 atom stereocenters. The maximum atomic E-state index is 10.3. The quantitative estimate of drug-likeness (QED) is 0.573. The Kier molecular flexibility index (Phi) is 2.95. The first-order valence-corrected chi connectivity index (χ1v) is 4.72. The van der Waals surface area contributed by atoms with Crippen LogP contribution in [0.5, 0.6) is 0 Å². The number of hydrogen-bond donors (Lipinski definition) is 0. The summed E-state index contributed by atoms with van der Waals surface area (Å²) in [7, 11) is 1.20. The number of rotatable bonds is 2. The van der Waals surface area contributed by atoms with Crippen LogP contribution in [-0.4, -0.2) is 13.7 Å². The van der Waals surface area contributed by atoms with Gasteiger partial charge in [-0.05, 0) is 6.42 Å². The second-order valence-electron chi connectivity index (χ2n) is 1.50. The standard InChI is InChI=1S/C4H6ClNO2S/c1-2-4(3-6)9(5,7)8/h4H,2H2,1H3. The van der Waals surface area contributed by atoms with E-state index in [1.165, 1.54) is 0 Å². The Labute approximate surface area is 58.7 Å². The highest BCUT2D eigenvalue weighted by atomic mass is 35.7. The fraction of sp³-hybridized carbons (Fsp3) is 0.750. The van der Waals surface area contributed by atoms with Crippen LogP contribution >= 0.6 is 10.7 Å². The highest BCUT2D eigenvalue weighted by Crippen LogP contribution is 2.08. The molecular weight excluding hydrogens is 162 g/mol. The van der Waals surface area contributed by atoms with Gasteiger partial charge >= 0.3 is 0 Å². The zero-order valence-electron chi connectivity index (χ0n) is 4.83. The van der Waals surface area contributed by atoms with E-state index in [9.17, 15) is 8.42 Å². The molecular formula is C4H6ClNO2S. The molecule has 9 heavy (non-hydrogen) atoms.